The number of nitrogens with two attached hydrogens (primary N) is 1. The van der Waals surface area contributed by atoms with E-state index in [4.69, 9.17) is 10.5 Å². The van der Waals surface area contributed by atoms with E-state index >= 15 is 0 Å². The smallest absolute Gasteiger partial charge is 0.146 e. The second kappa shape index (κ2) is 4.93. The summed E-state index contributed by atoms with van der Waals surface area (Å²) in [4.78, 5) is 3.99. The van der Waals surface area contributed by atoms with Crippen molar-refractivity contribution in [1.29, 1.82) is 0 Å². The zero-order chi connectivity index (χ0) is 12.3. The summed E-state index contributed by atoms with van der Waals surface area (Å²) in [5.74, 6) is 0.714. The van der Waals surface area contributed by atoms with E-state index in [-0.39, 0.29) is 5.82 Å². The Bertz CT molecular complexity index is 529. The highest BCUT2D eigenvalue weighted by Gasteiger charge is 2.02. The van der Waals surface area contributed by atoms with Crippen LogP contribution in [0, 0.1) is 12.7 Å². The second-order valence-electron chi connectivity index (χ2n) is 3.75. The molecule has 1 heterocycles. The standard InChI is InChI=1S/C13H13FN2O/c1-9-2-3-11(5-13(9)14)17-12-4-10(6-15)7-16-8-12/h2-5,7-8H,6,15H2,1H3. The molecule has 0 amide bonds. The monoisotopic (exact) mass is 232 g/mol. The lowest BCUT2D eigenvalue weighted by atomic mass is 10.2. The zero-order valence-electron chi connectivity index (χ0n) is 9.48. The Labute approximate surface area is 99.1 Å². The molecule has 0 aliphatic rings. The van der Waals surface area contributed by atoms with Crippen molar-refractivity contribution in [3.8, 4) is 11.5 Å². The van der Waals surface area contributed by atoms with Crippen LogP contribution < -0.4 is 10.5 Å². The van der Waals surface area contributed by atoms with Gasteiger partial charge in [-0.05, 0) is 30.2 Å². The van der Waals surface area contributed by atoms with E-state index < -0.39 is 0 Å². The Kier molecular flexibility index (Phi) is 3.35. The van der Waals surface area contributed by atoms with Crippen molar-refractivity contribution in [2.75, 3.05) is 0 Å². The minimum Gasteiger partial charge on any atom is -0.456 e. The second-order valence-corrected chi connectivity index (χ2v) is 3.75. The molecule has 0 bridgehead atoms. The summed E-state index contributed by atoms with van der Waals surface area (Å²) in [7, 11) is 0. The number of hydrogen-bond donors (Lipinski definition) is 1. The molecule has 0 spiro atoms. The van der Waals surface area contributed by atoms with Crippen LogP contribution >= 0.6 is 0 Å². The number of halogens is 1. The van der Waals surface area contributed by atoms with Crippen LogP contribution in [0.1, 0.15) is 11.1 Å². The van der Waals surface area contributed by atoms with Crippen LogP contribution in [-0.4, -0.2) is 4.98 Å². The number of pyridine rings is 1. The fourth-order valence-electron chi connectivity index (χ4n) is 1.40. The average molecular weight is 232 g/mol. The third-order valence-electron chi connectivity index (χ3n) is 2.38. The summed E-state index contributed by atoms with van der Waals surface area (Å²) in [5.41, 5.74) is 6.96. The molecule has 0 aliphatic carbocycles. The SMILES string of the molecule is Cc1ccc(Oc2cncc(CN)c2)cc1F. The van der Waals surface area contributed by atoms with Crippen molar-refractivity contribution in [2.24, 2.45) is 5.73 Å². The van der Waals surface area contributed by atoms with Gasteiger partial charge in [0.25, 0.3) is 0 Å². The maximum atomic E-state index is 13.3. The number of benzene rings is 1. The molecular formula is C13H13FN2O. The number of rotatable bonds is 3. The third-order valence-corrected chi connectivity index (χ3v) is 2.38. The van der Waals surface area contributed by atoms with Gasteiger partial charge in [-0.2, -0.15) is 0 Å². The van der Waals surface area contributed by atoms with Gasteiger partial charge in [0.1, 0.15) is 17.3 Å². The largest absolute Gasteiger partial charge is 0.456 e. The molecule has 2 N–H and O–H groups in total. The van der Waals surface area contributed by atoms with E-state index in [1.54, 1.807) is 37.5 Å². The van der Waals surface area contributed by atoms with Gasteiger partial charge in [0.05, 0.1) is 6.20 Å². The Balaban J connectivity index is 2.22. The normalized spacial score (nSPS) is 10.3. The van der Waals surface area contributed by atoms with Crippen molar-refractivity contribution in [1.82, 2.24) is 4.98 Å². The predicted molar refractivity (Wildman–Crippen MR) is 63.3 cm³/mol. The van der Waals surface area contributed by atoms with Crippen LogP contribution in [0.4, 0.5) is 4.39 Å². The number of aromatic nitrogens is 1. The van der Waals surface area contributed by atoms with Crippen molar-refractivity contribution < 1.29 is 9.13 Å². The molecule has 0 fully saturated rings. The Hall–Kier alpha value is -1.94. The number of nitrogens with zero attached hydrogens (tertiary/aromatic N) is 1. The molecular weight excluding hydrogens is 219 g/mol. The lowest BCUT2D eigenvalue weighted by Gasteiger charge is -2.07. The first kappa shape index (κ1) is 11.5. The maximum absolute atomic E-state index is 13.3. The van der Waals surface area contributed by atoms with Crippen LogP contribution in [0.3, 0.4) is 0 Å². The number of ether oxygens (including phenoxy) is 1. The summed E-state index contributed by atoms with van der Waals surface area (Å²) in [6.07, 6.45) is 3.24. The Morgan fingerprint density at radius 1 is 1.24 bits per heavy atom. The van der Waals surface area contributed by atoms with E-state index in [1.165, 1.54) is 6.07 Å². The molecule has 0 radical (unpaired) electrons. The highest BCUT2D eigenvalue weighted by atomic mass is 19.1. The van der Waals surface area contributed by atoms with Gasteiger partial charge in [-0.1, -0.05) is 6.07 Å². The molecule has 0 aliphatic heterocycles. The van der Waals surface area contributed by atoms with Gasteiger partial charge in [0.2, 0.25) is 0 Å². The van der Waals surface area contributed by atoms with E-state index in [0.717, 1.165) is 5.56 Å². The molecule has 88 valence electrons. The van der Waals surface area contributed by atoms with Gasteiger partial charge in [-0.15, -0.1) is 0 Å². The summed E-state index contributed by atoms with van der Waals surface area (Å²) in [6, 6.07) is 6.52. The summed E-state index contributed by atoms with van der Waals surface area (Å²) in [6.45, 7) is 2.10. The fraction of sp³-hybridized carbons (Fsp3) is 0.154. The highest BCUT2D eigenvalue weighted by Crippen LogP contribution is 2.23. The number of aryl methyl sites for hydroxylation is 1. The molecule has 3 nitrogen and oxygen atoms in total. The Morgan fingerprint density at radius 2 is 2.06 bits per heavy atom. The molecule has 17 heavy (non-hydrogen) atoms. The van der Waals surface area contributed by atoms with E-state index in [2.05, 4.69) is 4.98 Å². The minimum absolute atomic E-state index is 0.287. The molecule has 2 rings (SSSR count). The lowest BCUT2D eigenvalue weighted by molar-refractivity contribution is 0.473. The lowest BCUT2D eigenvalue weighted by Crippen LogP contribution is -1.97. The third kappa shape index (κ3) is 2.79. The first-order valence-corrected chi connectivity index (χ1v) is 5.27. The molecule has 0 saturated heterocycles. The van der Waals surface area contributed by atoms with Crippen molar-refractivity contribution >= 4 is 0 Å². The van der Waals surface area contributed by atoms with Gasteiger partial charge in [-0.3, -0.25) is 4.98 Å². The van der Waals surface area contributed by atoms with E-state index in [9.17, 15) is 4.39 Å². The topological polar surface area (TPSA) is 48.1 Å². The van der Waals surface area contributed by atoms with Crippen LogP contribution in [0.15, 0.2) is 36.7 Å². The molecule has 1 aromatic heterocycles. The predicted octanol–water partition coefficient (Wildman–Crippen LogP) is 2.78. The van der Waals surface area contributed by atoms with Crippen LogP contribution in [0.2, 0.25) is 0 Å². The van der Waals surface area contributed by atoms with Crippen molar-refractivity contribution in [3.63, 3.8) is 0 Å². The first-order valence-electron chi connectivity index (χ1n) is 5.27. The maximum Gasteiger partial charge on any atom is 0.146 e. The van der Waals surface area contributed by atoms with Crippen LogP contribution in [0.25, 0.3) is 0 Å². The van der Waals surface area contributed by atoms with Crippen LogP contribution in [-0.2, 0) is 6.54 Å². The van der Waals surface area contributed by atoms with Gasteiger partial charge in [0.15, 0.2) is 0 Å². The minimum atomic E-state index is -0.287. The molecule has 4 heteroatoms. The highest BCUT2D eigenvalue weighted by molar-refractivity contribution is 5.33. The van der Waals surface area contributed by atoms with Gasteiger partial charge in [-0.25, -0.2) is 4.39 Å². The molecule has 0 atom stereocenters. The fourth-order valence-corrected chi connectivity index (χ4v) is 1.40. The molecule has 0 unspecified atom stereocenters. The van der Waals surface area contributed by atoms with Gasteiger partial charge in [0, 0.05) is 18.8 Å². The molecule has 1 aromatic carbocycles. The van der Waals surface area contributed by atoms with Crippen molar-refractivity contribution in [2.45, 2.75) is 13.5 Å². The zero-order valence-corrected chi connectivity index (χ0v) is 9.48. The first-order chi connectivity index (χ1) is 8.19. The summed E-state index contributed by atoms with van der Waals surface area (Å²) in [5, 5.41) is 0. The van der Waals surface area contributed by atoms with E-state index in [1.807, 2.05) is 0 Å². The quantitative estimate of drug-likeness (QED) is 0.885. The number of hydrogen-bond acceptors (Lipinski definition) is 3. The van der Waals surface area contributed by atoms with E-state index in [0.29, 0.717) is 23.6 Å². The molecule has 0 saturated carbocycles. The van der Waals surface area contributed by atoms with Crippen LogP contribution in [0.5, 0.6) is 11.5 Å². The van der Waals surface area contributed by atoms with Gasteiger partial charge >= 0.3 is 0 Å². The van der Waals surface area contributed by atoms with Crippen molar-refractivity contribution in [3.05, 3.63) is 53.6 Å². The molecule has 2 aromatic rings. The van der Waals surface area contributed by atoms with Gasteiger partial charge < -0.3 is 10.5 Å². The Morgan fingerprint density at radius 3 is 2.76 bits per heavy atom. The average Bonchev–Trinajstić information content (AvgIpc) is 2.34. The summed E-state index contributed by atoms with van der Waals surface area (Å²) >= 11 is 0. The summed E-state index contributed by atoms with van der Waals surface area (Å²) < 4.78 is 18.8.